The van der Waals surface area contributed by atoms with Crippen LogP contribution >= 0.6 is 0 Å². The predicted octanol–water partition coefficient (Wildman–Crippen LogP) is 4.09. The topological polar surface area (TPSA) is 79.5 Å². The van der Waals surface area contributed by atoms with Gasteiger partial charge in [0.2, 0.25) is 11.7 Å². The first-order valence-electron chi connectivity index (χ1n) is 7.35. The van der Waals surface area contributed by atoms with Gasteiger partial charge in [0.1, 0.15) is 5.58 Å². The highest BCUT2D eigenvalue weighted by molar-refractivity contribution is 6.03. The Hall–Kier alpha value is -3.34. The van der Waals surface area contributed by atoms with E-state index in [9.17, 15) is 9.59 Å². The van der Waals surface area contributed by atoms with Crippen LogP contribution in [0.4, 0.5) is 5.69 Å². The van der Waals surface area contributed by atoms with Gasteiger partial charge in [-0.2, -0.15) is 0 Å². The number of carboxylic acid groups (broad SMARTS) is 1. The summed E-state index contributed by atoms with van der Waals surface area (Å²) in [6, 6.07) is 14.5. The van der Waals surface area contributed by atoms with Crippen LogP contribution in [0.25, 0.3) is 17.0 Å². The fourth-order valence-corrected chi connectivity index (χ4v) is 2.42. The van der Waals surface area contributed by atoms with E-state index < -0.39 is 5.97 Å². The Morgan fingerprint density at radius 2 is 1.88 bits per heavy atom. The van der Waals surface area contributed by atoms with E-state index in [1.165, 1.54) is 6.08 Å². The molecule has 2 N–H and O–H groups in total. The highest BCUT2D eigenvalue weighted by atomic mass is 16.4. The summed E-state index contributed by atoms with van der Waals surface area (Å²) in [5.74, 6) is -1.46. The van der Waals surface area contributed by atoms with Crippen molar-refractivity contribution in [1.29, 1.82) is 0 Å². The van der Waals surface area contributed by atoms with Gasteiger partial charge in [0.05, 0.1) is 0 Å². The molecule has 120 valence electrons. The van der Waals surface area contributed by atoms with Gasteiger partial charge in [-0.25, -0.2) is 4.79 Å². The molecule has 0 radical (unpaired) electrons. The molecule has 2 aromatic carbocycles. The van der Waals surface area contributed by atoms with Crippen molar-refractivity contribution in [2.24, 2.45) is 0 Å². The highest BCUT2D eigenvalue weighted by Gasteiger charge is 2.16. The summed E-state index contributed by atoms with van der Waals surface area (Å²) in [6.45, 7) is 1.68. The largest absolute Gasteiger partial charge is 0.475 e. The molecule has 1 aromatic heterocycles. The van der Waals surface area contributed by atoms with E-state index in [2.05, 4.69) is 5.32 Å². The summed E-state index contributed by atoms with van der Waals surface area (Å²) in [6.07, 6.45) is 3.17. The molecule has 3 aromatic rings. The van der Waals surface area contributed by atoms with Crippen LogP contribution in [0.1, 0.15) is 21.7 Å². The maximum Gasteiger partial charge on any atom is 0.372 e. The molecule has 1 amide bonds. The Labute approximate surface area is 138 Å². The zero-order valence-corrected chi connectivity index (χ0v) is 12.9. The lowest BCUT2D eigenvalue weighted by Gasteiger charge is -2.02. The number of hydrogen-bond acceptors (Lipinski definition) is 3. The van der Waals surface area contributed by atoms with Gasteiger partial charge in [-0.1, -0.05) is 30.3 Å². The lowest BCUT2D eigenvalue weighted by Crippen LogP contribution is -2.07. The second-order valence-corrected chi connectivity index (χ2v) is 5.31. The minimum atomic E-state index is -1.11. The molecule has 0 unspecified atom stereocenters. The first-order valence-corrected chi connectivity index (χ1v) is 7.35. The molecule has 5 heteroatoms. The van der Waals surface area contributed by atoms with Crippen molar-refractivity contribution in [3.8, 4) is 0 Å². The number of carbonyl (C=O) groups excluding carboxylic acids is 1. The summed E-state index contributed by atoms with van der Waals surface area (Å²) in [5.41, 5.74) is 2.52. The number of amides is 1. The Bertz CT molecular complexity index is 939. The molecular formula is C19H15NO4. The number of carbonyl (C=O) groups is 2. The number of carboxylic acids is 1. The quantitative estimate of drug-likeness (QED) is 0.709. The minimum absolute atomic E-state index is 0.0857. The molecule has 5 nitrogen and oxygen atoms in total. The van der Waals surface area contributed by atoms with E-state index in [4.69, 9.17) is 9.52 Å². The fourth-order valence-electron chi connectivity index (χ4n) is 2.42. The predicted molar refractivity (Wildman–Crippen MR) is 92.0 cm³/mol. The highest BCUT2D eigenvalue weighted by Crippen LogP contribution is 2.28. The number of nitrogens with one attached hydrogen (secondary N) is 1. The zero-order chi connectivity index (χ0) is 17.1. The van der Waals surface area contributed by atoms with Crippen molar-refractivity contribution in [2.75, 3.05) is 5.32 Å². The molecule has 0 aliphatic carbocycles. The fraction of sp³-hybridized carbons (Fsp3) is 0.0526. The Morgan fingerprint density at radius 3 is 2.58 bits per heavy atom. The molecule has 0 aliphatic heterocycles. The van der Waals surface area contributed by atoms with Crippen LogP contribution in [-0.4, -0.2) is 17.0 Å². The van der Waals surface area contributed by atoms with E-state index in [0.29, 0.717) is 22.2 Å². The van der Waals surface area contributed by atoms with E-state index in [1.54, 1.807) is 31.2 Å². The standard InChI is InChI=1S/C19H15NO4/c1-12-15-11-14(8-9-16(15)24-18(12)19(22)23)20-17(21)10-7-13-5-3-2-4-6-13/h2-11H,1H3,(H,20,21)(H,22,23). The lowest BCUT2D eigenvalue weighted by molar-refractivity contribution is -0.111. The van der Waals surface area contributed by atoms with E-state index in [-0.39, 0.29) is 11.7 Å². The van der Waals surface area contributed by atoms with Gasteiger partial charge >= 0.3 is 5.97 Å². The van der Waals surface area contributed by atoms with Crippen LogP contribution in [0.15, 0.2) is 59.0 Å². The van der Waals surface area contributed by atoms with Crippen LogP contribution in [0.3, 0.4) is 0 Å². The SMILES string of the molecule is Cc1c(C(=O)O)oc2ccc(NC(=O)C=Cc3ccccc3)cc12. The number of rotatable bonds is 4. The monoisotopic (exact) mass is 321 g/mol. The van der Waals surface area contributed by atoms with E-state index >= 15 is 0 Å². The molecule has 0 fully saturated rings. The molecule has 24 heavy (non-hydrogen) atoms. The number of fused-ring (bicyclic) bond motifs is 1. The number of hydrogen-bond donors (Lipinski definition) is 2. The number of anilines is 1. The van der Waals surface area contributed by atoms with Crippen molar-refractivity contribution in [2.45, 2.75) is 6.92 Å². The third-order valence-corrected chi connectivity index (χ3v) is 3.62. The smallest absolute Gasteiger partial charge is 0.372 e. The summed E-state index contributed by atoms with van der Waals surface area (Å²) in [5, 5.41) is 12.5. The van der Waals surface area contributed by atoms with Crippen molar-refractivity contribution in [3.05, 3.63) is 71.5 Å². The molecule has 0 saturated heterocycles. The van der Waals surface area contributed by atoms with Gasteiger partial charge in [0, 0.05) is 22.7 Å². The second-order valence-electron chi connectivity index (χ2n) is 5.31. The van der Waals surface area contributed by atoms with Crippen LogP contribution in [0.5, 0.6) is 0 Å². The maximum absolute atomic E-state index is 12.0. The Morgan fingerprint density at radius 1 is 1.12 bits per heavy atom. The molecule has 0 atom stereocenters. The molecule has 0 spiro atoms. The van der Waals surface area contributed by atoms with Gasteiger partial charge in [0.15, 0.2) is 0 Å². The average molecular weight is 321 g/mol. The van der Waals surface area contributed by atoms with Crippen LogP contribution in [0, 0.1) is 6.92 Å². The van der Waals surface area contributed by atoms with Gasteiger partial charge < -0.3 is 14.8 Å². The van der Waals surface area contributed by atoms with Gasteiger partial charge in [0.25, 0.3) is 0 Å². The first kappa shape index (κ1) is 15.6. The summed E-state index contributed by atoms with van der Waals surface area (Å²) in [7, 11) is 0. The zero-order valence-electron chi connectivity index (χ0n) is 12.9. The van der Waals surface area contributed by atoms with E-state index in [1.807, 2.05) is 30.3 Å². The first-order chi connectivity index (χ1) is 11.5. The summed E-state index contributed by atoms with van der Waals surface area (Å²) in [4.78, 5) is 23.1. The van der Waals surface area contributed by atoms with Crippen molar-refractivity contribution in [1.82, 2.24) is 0 Å². The van der Waals surface area contributed by atoms with E-state index in [0.717, 1.165) is 5.56 Å². The number of benzene rings is 2. The molecule has 0 aliphatic rings. The van der Waals surface area contributed by atoms with Gasteiger partial charge in [-0.05, 0) is 36.8 Å². The van der Waals surface area contributed by atoms with Crippen molar-refractivity contribution in [3.63, 3.8) is 0 Å². The van der Waals surface area contributed by atoms with Gasteiger partial charge in [-0.3, -0.25) is 4.79 Å². The number of aromatic carboxylic acids is 1. The lowest BCUT2D eigenvalue weighted by atomic mass is 10.1. The van der Waals surface area contributed by atoms with Crippen LogP contribution in [0.2, 0.25) is 0 Å². The average Bonchev–Trinajstić information content (AvgIpc) is 2.91. The molecule has 3 rings (SSSR count). The third kappa shape index (κ3) is 3.20. The van der Waals surface area contributed by atoms with Crippen LogP contribution < -0.4 is 5.32 Å². The Kier molecular flexibility index (Phi) is 4.16. The summed E-state index contributed by atoms with van der Waals surface area (Å²) >= 11 is 0. The van der Waals surface area contributed by atoms with Gasteiger partial charge in [-0.15, -0.1) is 0 Å². The second kappa shape index (κ2) is 6.42. The van der Waals surface area contributed by atoms with Crippen molar-refractivity contribution < 1.29 is 19.1 Å². The molecule has 0 bridgehead atoms. The minimum Gasteiger partial charge on any atom is -0.475 e. The number of aryl methyl sites for hydroxylation is 1. The maximum atomic E-state index is 12.0. The number of furan rings is 1. The Balaban J connectivity index is 1.80. The molecule has 0 saturated carbocycles. The normalized spacial score (nSPS) is 11.0. The molecule has 1 heterocycles. The molecular weight excluding hydrogens is 306 g/mol. The summed E-state index contributed by atoms with van der Waals surface area (Å²) < 4.78 is 5.30. The third-order valence-electron chi connectivity index (χ3n) is 3.62. The van der Waals surface area contributed by atoms with Crippen LogP contribution in [-0.2, 0) is 4.79 Å². The van der Waals surface area contributed by atoms with Crippen molar-refractivity contribution >= 4 is 34.6 Å².